The summed E-state index contributed by atoms with van der Waals surface area (Å²) in [5, 5.41) is 4.70. The van der Waals surface area contributed by atoms with Gasteiger partial charge in [-0.25, -0.2) is 0 Å². The number of rotatable bonds is 8. The second-order valence-corrected chi connectivity index (χ2v) is 20.3. The zero-order valence-corrected chi connectivity index (χ0v) is 25.9. The van der Waals surface area contributed by atoms with Crippen molar-refractivity contribution >= 4 is 46.4 Å². The third kappa shape index (κ3) is 4.59. The Hall–Kier alpha value is -2.59. The van der Waals surface area contributed by atoms with Crippen LogP contribution in [0.25, 0.3) is 0 Å². The fourth-order valence-corrected chi connectivity index (χ4v) is 23.3. The molecule has 0 N–H and O–H groups in total. The van der Waals surface area contributed by atoms with E-state index in [1.165, 1.54) is 16.3 Å². The van der Waals surface area contributed by atoms with Gasteiger partial charge in [-0.15, -0.1) is 0 Å². The van der Waals surface area contributed by atoms with Crippen LogP contribution in [0.3, 0.4) is 0 Å². The molecule has 1 atom stereocenters. The maximum Gasteiger partial charge on any atom is 0.390 e. The normalized spacial score (nSPS) is 20.2. The number of hydrogen-bond acceptors (Lipinski definition) is 3. The first-order valence-electron chi connectivity index (χ1n) is 13.9. The van der Waals surface area contributed by atoms with Crippen molar-refractivity contribution < 1.29 is 12.3 Å². The molecule has 0 amide bonds. The third-order valence-corrected chi connectivity index (χ3v) is 22.0. The van der Waals surface area contributed by atoms with Gasteiger partial charge in [-0.1, -0.05) is 137 Å². The molecule has 1 heterocycles. The smallest absolute Gasteiger partial charge is 0.390 e. The molecule has 0 saturated carbocycles. The summed E-state index contributed by atoms with van der Waals surface area (Å²) in [4.78, 5) is 0. The van der Waals surface area contributed by atoms with Gasteiger partial charge in [-0.3, -0.25) is 0 Å². The minimum absolute atomic E-state index is 0.873. The van der Waals surface area contributed by atoms with Crippen LogP contribution < -0.4 is 20.7 Å². The summed E-state index contributed by atoms with van der Waals surface area (Å²) >= 11 is 0. The molecular weight excluding hydrogens is 517 g/mol. The van der Waals surface area contributed by atoms with Gasteiger partial charge in [0.2, 0.25) is 0 Å². The van der Waals surface area contributed by atoms with Crippen LogP contribution in [-0.2, 0) is 25.2 Å². The monoisotopic (exact) mass is 554 g/mol. The molecule has 196 valence electrons. The first-order valence-corrected chi connectivity index (χ1v) is 19.8. The van der Waals surface area contributed by atoms with Gasteiger partial charge in [0.05, 0.1) is 0 Å². The standard InChI is InChI=1S/C32H38O3Si3/c1-5-27-19-18-26-32(31(27)6-2)38(30-24-16-11-17-25-30)34-36(7-3,8-4)33-37(35-38,28-20-12-9-13-21-28)29-22-14-10-15-23-29/h9-26H,5-8H2,1-4H3. The Morgan fingerprint density at radius 3 is 1.39 bits per heavy atom. The third-order valence-electron chi connectivity index (χ3n) is 7.85. The van der Waals surface area contributed by atoms with E-state index in [-0.39, 0.29) is 0 Å². The topological polar surface area (TPSA) is 27.7 Å². The summed E-state index contributed by atoms with van der Waals surface area (Å²) in [7, 11) is -9.10. The lowest BCUT2D eigenvalue weighted by molar-refractivity contribution is 0.247. The first-order chi connectivity index (χ1) is 18.6. The molecule has 0 bridgehead atoms. The van der Waals surface area contributed by atoms with Crippen molar-refractivity contribution in [1.82, 2.24) is 0 Å². The van der Waals surface area contributed by atoms with E-state index >= 15 is 0 Å². The van der Waals surface area contributed by atoms with Crippen molar-refractivity contribution in [3.63, 3.8) is 0 Å². The van der Waals surface area contributed by atoms with Crippen LogP contribution in [0.15, 0.2) is 109 Å². The molecule has 4 aromatic rings. The Labute approximate surface area is 231 Å². The summed E-state index contributed by atoms with van der Waals surface area (Å²) in [6.07, 6.45) is 1.92. The Kier molecular flexibility index (Phi) is 8.00. The number of benzene rings is 4. The van der Waals surface area contributed by atoms with Crippen molar-refractivity contribution in [2.75, 3.05) is 0 Å². The summed E-state index contributed by atoms with van der Waals surface area (Å²) in [5.41, 5.74) is 2.74. The zero-order valence-electron chi connectivity index (χ0n) is 22.9. The number of hydrogen-bond donors (Lipinski definition) is 0. The van der Waals surface area contributed by atoms with E-state index in [0.717, 1.165) is 40.5 Å². The van der Waals surface area contributed by atoms with E-state index in [2.05, 4.69) is 137 Å². The van der Waals surface area contributed by atoms with Gasteiger partial charge in [-0.05, 0) is 51.6 Å². The van der Waals surface area contributed by atoms with E-state index in [1.807, 2.05) is 0 Å². The number of aryl methyl sites for hydroxylation is 1. The van der Waals surface area contributed by atoms with E-state index in [1.54, 1.807) is 0 Å². The van der Waals surface area contributed by atoms with Crippen molar-refractivity contribution in [2.24, 2.45) is 0 Å². The average Bonchev–Trinajstić information content (AvgIpc) is 3.01. The van der Waals surface area contributed by atoms with Gasteiger partial charge < -0.3 is 12.3 Å². The van der Waals surface area contributed by atoms with Crippen molar-refractivity contribution in [3.8, 4) is 0 Å². The van der Waals surface area contributed by atoms with Crippen LogP contribution in [0.5, 0.6) is 0 Å². The zero-order chi connectivity index (χ0) is 26.6. The summed E-state index contributed by atoms with van der Waals surface area (Å²) in [6.45, 7) is 8.98. The molecule has 1 fully saturated rings. The van der Waals surface area contributed by atoms with E-state index < -0.39 is 25.7 Å². The summed E-state index contributed by atoms with van der Waals surface area (Å²) in [6, 6.07) is 40.6. The molecule has 38 heavy (non-hydrogen) atoms. The Bertz CT molecular complexity index is 1310. The Morgan fingerprint density at radius 2 is 0.947 bits per heavy atom. The molecule has 0 spiro atoms. The van der Waals surface area contributed by atoms with Gasteiger partial charge in [0.15, 0.2) is 0 Å². The highest BCUT2D eigenvalue weighted by atomic mass is 28.5. The molecule has 1 aliphatic heterocycles. The van der Waals surface area contributed by atoms with Crippen molar-refractivity contribution in [3.05, 3.63) is 120 Å². The van der Waals surface area contributed by atoms with Crippen LogP contribution >= 0.6 is 0 Å². The minimum atomic E-state index is -3.23. The van der Waals surface area contributed by atoms with Gasteiger partial charge in [0.1, 0.15) is 0 Å². The highest BCUT2D eigenvalue weighted by Crippen LogP contribution is 2.36. The lowest BCUT2D eigenvalue weighted by Crippen LogP contribution is -2.84. The molecule has 3 nitrogen and oxygen atoms in total. The second-order valence-electron chi connectivity index (χ2n) is 9.91. The molecule has 1 aliphatic rings. The fourth-order valence-electron chi connectivity index (χ4n) is 5.78. The lowest BCUT2D eigenvalue weighted by atomic mass is 10.0. The van der Waals surface area contributed by atoms with E-state index in [0.29, 0.717) is 0 Å². The molecule has 6 heteroatoms. The average molecular weight is 555 g/mol. The van der Waals surface area contributed by atoms with Crippen LogP contribution in [-0.4, -0.2) is 25.7 Å². The van der Waals surface area contributed by atoms with Gasteiger partial charge >= 0.3 is 25.7 Å². The second kappa shape index (κ2) is 11.3. The van der Waals surface area contributed by atoms with Crippen LogP contribution in [0.2, 0.25) is 12.1 Å². The minimum Gasteiger partial charge on any atom is -0.409 e. The van der Waals surface area contributed by atoms with Gasteiger partial charge in [0.25, 0.3) is 0 Å². The first kappa shape index (κ1) is 27.0. The predicted molar refractivity (Wildman–Crippen MR) is 165 cm³/mol. The molecule has 4 aromatic carbocycles. The van der Waals surface area contributed by atoms with Crippen LogP contribution in [0.1, 0.15) is 38.8 Å². The summed E-state index contributed by atoms with van der Waals surface area (Å²) < 4.78 is 22.7. The highest BCUT2D eigenvalue weighted by Gasteiger charge is 2.65. The molecule has 0 aliphatic carbocycles. The van der Waals surface area contributed by atoms with E-state index in [4.69, 9.17) is 12.3 Å². The molecular formula is C32H38O3Si3. The maximum atomic E-state index is 7.77. The molecule has 1 saturated heterocycles. The molecule has 5 rings (SSSR count). The fraction of sp³-hybridized carbons (Fsp3) is 0.250. The Balaban J connectivity index is 1.90. The van der Waals surface area contributed by atoms with E-state index in [9.17, 15) is 0 Å². The lowest BCUT2D eigenvalue weighted by Gasteiger charge is -2.53. The molecule has 1 unspecified atom stereocenters. The Morgan fingerprint density at radius 1 is 0.474 bits per heavy atom. The summed E-state index contributed by atoms with van der Waals surface area (Å²) in [5.74, 6) is 0. The highest BCUT2D eigenvalue weighted by molar-refractivity contribution is 7.11. The predicted octanol–water partition coefficient (Wildman–Crippen LogP) is 5.17. The quantitative estimate of drug-likeness (QED) is 0.281. The van der Waals surface area contributed by atoms with Crippen LogP contribution in [0.4, 0.5) is 0 Å². The SMILES string of the molecule is CCc1cccc([Si]2(c3ccccc3)O[Si](CC)(CC)O[Si](c3ccccc3)(c3ccccc3)O2)c1CC. The van der Waals surface area contributed by atoms with Gasteiger partial charge in [-0.2, -0.15) is 0 Å². The van der Waals surface area contributed by atoms with Crippen molar-refractivity contribution in [2.45, 2.75) is 52.6 Å². The van der Waals surface area contributed by atoms with Gasteiger partial charge in [0, 0.05) is 5.19 Å². The largest absolute Gasteiger partial charge is 0.409 e. The maximum absolute atomic E-state index is 7.77. The molecule has 0 radical (unpaired) electrons. The molecule has 0 aromatic heterocycles. The van der Waals surface area contributed by atoms with Crippen LogP contribution in [0, 0.1) is 0 Å². The van der Waals surface area contributed by atoms with Crippen molar-refractivity contribution in [1.29, 1.82) is 0 Å².